The van der Waals surface area contributed by atoms with Crippen molar-refractivity contribution in [2.45, 2.75) is 6.92 Å². The van der Waals surface area contributed by atoms with Gasteiger partial charge in [-0.15, -0.1) is 0 Å². The van der Waals surface area contributed by atoms with Crippen LogP contribution in [0.3, 0.4) is 0 Å². The van der Waals surface area contributed by atoms with Crippen molar-refractivity contribution in [3.8, 4) is 0 Å². The lowest BCUT2D eigenvalue weighted by molar-refractivity contribution is -0.134. The van der Waals surface area contributed by atoms with Gasteiger partial charge in [0.15, 0.2) is 0 Å². The number of esters is 1. The van der Waals surface area contributed by atoms with Crippen LogP contribution in [0.5, 0.6) is 0 Å². The van der Waals surface area contributed by atoms with Crippen molar-refractivity contribution in [2.24, 2.45) is 0 Å². The molecule has 0 aliphatic heterocycles. The Labute approximate surface area is 107 Å². The molecule has 0 amide bonds. The van der Waals surface area contributed by atoms with E-state index >= 15 is 0 Å². The first kappa shape index (κ1) is 12.1. The van der Waals surface area contributed by atoms with Crippen molar-refractivity contribution in [1.82, 2.24) is 0 Å². The molecular weight excluding hydrogens is 224 g/mol. The summed E-state index contributed by atoms with van der Waals surface area (Å²) in [6.45, 7) is 5.21. The lowest BCUT2D eigenvalue weighted by Crippen LogP contribution is -2.05. The van der Waals surface area contributed by atoms with Crippen molar-refractivity contribution in [3.05, 3.63) is 83.7 Å². The first-order valence-corrected chi connectivity index (χ1v) is 5.70. The Hall–Kier alpha value is -2.35. The molecule has 0 aromatic heterocycles. The van der Waals surface area contributed by atoms with Gasteiger partial charge in [-0.1, -0.05) is 55.2 Å². The molecule has 18 heavy (non-hydrogen) atoms. The fourth-order valence-corrected chi connectivity index (χ4v) is 1.60. The SMILES string of the molecule is C=C(C)C(=O)OC1=CC=CC1=C1C=CC=CC=C1. The van der Waals surface area contributed by atoms with Crippen LogP contribution in [0.1, 0.15) is 6.92 Å². The molecule has 2 rings (SSSR count). The third kappa shape index (κ3) is 2.66. The summed E-state index contributed by atoms with van der Waals surface area (Å²) in [5, 5.41) is 0. The average molecular weight is 238 g/mol. The highest BCUT2D eigenvalue weighted by atomic mass is 16.5. The number of hydrogen-bond donors (Lipinski definition) is 0. The summed E-state index contributed by atoms with van der Waals surface area (Å²) in [5.74, 6) is 0.164. The van der Waals surface area contributed by atoms with Crippen molar-refractivity contribution in [1.29, 1.82) is 0 Å². The Morgan fingerprint density at radius 3 is 2.33 bits per heavy atom. The number of rotatable bonds is 2. The molecule has 2 nitrogen and oxygen atoms in total. The smallest absolute Gasteiger partial charge is 0.338 e. The first-order chi connectivity index (χ1) is 8.68. The molecule has 0 bridgehead atoms. The van der Waals surface area contributed by atoms with E-state index in [4.69, 9.17) is 4.74 Å². The summed E-state index contributed by atoms with van der Waals surface area (Å²) < 4.78 is 5.29. The number of hydrogen-bond acceptors (Lipinski definition) is 2. The molecule has 0 aromatic rings. The largest absolute Gasteiger partial charge is 0.423 e. The Bertz CT molecular complexity index is 546. The molecule has 0 aromatic carbocycles. The van der Waals surface area contributed by atoms with Gasteiger partial charge in [-0.3, -0.25) is 0 Å². The second-order valence-electron chi connectivity index (χ2n) is 4.03. The molecule has 0 fully saturated rings. The lowest BCUT2D eigenvalue weighted by atomic mass is 10.1. The van der Waals surface area contributed by atoms with E-state index in [0.29, 0.717) is 11.3 Å². The number of carbonyl (C=O) groups excluding carboxylic acids is 1. The van der Waals surface area contributed by atoms with Gasteiger partial charge < -0.3 is 4.74 Å². The van der Waals surface area contributed by atoms with Crippen LogP contribution >= 0.6 is 0 Å². The van der Waals surface area contributed by atoms with Crippen molar-refractivity contribution >= 4 is 5.97 Å². The monoisotopic (exact) mass is 238 g/mol. The van der Waals surface area contributed by atoms with E-state index in [2.05, 4.69) is 6.58 Å². The summed E-state index contributed by atoms with van der Waals surface area (Å²) in [4.78, 5) is 11.5. The maximum atomic E-state index is 11.5. The van der Waals surface area contributed by atoms with Gasteiger partial charge in [0, 0.05) is 11.1 Å². The second-order valence-corrected chi connectivity index (χ2v) is 4.03. The van der Waals surface area contributed by atoms with E-state index in [-0.39, 0.29) is 0 Å². The molecule has 2 heteroatoms. The predicted octanol–water partition coefficient (Wildman–Crippen LogP) is 3.54. The van der Waals surface area contributed by atoms with Crippen LogP contribution in [0, 0.1) is 0 Å². The molecule has 0 atom stereocenters. The zero-order valence-electron chi connectivity index (χ0n) is 10.2. The van der Waals surface area contributed by atoms with Crippen LogP contribution in [0.25, 0.3) is 0 Å². The zero-order valence-corrected chi connectivity index (χ0v) is 10.2. The fraction of sp³-hybridized carbons (Fsp3) is 0.0625. The number of ether oxygens (including phenoxy) is 1. The topological polar surface area (TPSA) is 26.3 Å². The van der Waals surface area contributed by atoms with E-state index in [0.717, 1.165) is 11.1 Å². The highest BCUT2D eigenvalue weighted by Gasteiger charge is 2.15. The third-order valence-electron chi connectivity index (χ3n) is 2.52. The van der Waals surface area contributed by atoms with Gasteiger partial charge in [0.1, 0.15) is 5.76 Å². The Morgan fingerprint density at radius 1 is 1.06 bits per heavy atom. The van der Waals surface area contributed by atoms with Gasteiger partial charge in [0.25, 0.3) is 0 Å². The molecule has 0 N–H and O–H groups in total. The highest BCUT2D eigenvalue weighted by Crippen LogP contribution is 2.26. The Kier molecular flexibility index (Phi) is 3.58. The molecule has 0 saturated heterocycles. The number of carbonyl (C=O) groups is 1. The highest BCUT2D eigenvalue weighted by molar-refractivity contribution is 5.88. The van der Waals surface area contributed by atoms with E-state index in [9.17, 15) is 4.79 Å². The van der Waals surface area contributed by atoms with E-state index < -0.39 is 5.97 Å². The van der Waals surface area contributed by atoms with Crippen LogP contribution in [0.15, 0.2) is 83.7 Å². The first-order valence-electron chi connectivity index (χ1n) is 5.70. The van der Waals surface area contributed by atoms with Gasteiger partial charge in [-0.2, -0.15) is 0 Å². The van der Waals surface area contributed by atoms with Crippen LogP contribution in [-0.2, 0) is 9.53 Å². The van der Waals surface area contributed by atoms with E-state index in [1.54, 1.807) is 13.0 Å². The maximum absolute atomic E-state index is 11.5. The van der Waals surface area contributed by atoms with Crippen molar-refractivity contribution in [3.63, 3.8) is 0 Å². The van der Waals surface area contributed by atoms with Gasteiger partial charge in [0.2, 0.25) is 0 Å². The predicted molar refractivity (Wildman–Crippen MR) is 72.6 cm³/mol. The van der Waals surface area contributed by atoms with Crippen molar-refractivity contribution < 1.29 is 9.53 Å². The van der Waals surface area contributed by atoms with E-state index in [1.165, 1.54) is 0 Å². The zero-order chi connectivity index (χ0) is 13.0. The average Bonchev–Trinajstić information content (AvgIpc) is 2.63. The normalized spacial score (nSPS) is 16.8. The maximum Gasteiger partial charge on any atom is 0.338 e. The molecule has 0 unspecified atom stereocenters. The van der Waals surface area contributed by atoms with Gasteiger partial charge in [0.05, 0.1) is 0 Å². The van der Waals surface area contributed by atoms with Gasteiger partial charge in [-0.25, -0.2) is 4.79 Å². The van der Waals surface area contributed by atoms with E-state index in [1.807, 2.05) is 48.6 Å². The Balaban J connectivity index is 2.26. The summed E-state index contributed by atoms with van der Waals surface area (Å²) >= 11 is 0. The summed E-state index contributed by atoms with van der Waals surface area (Å²) in [5.41, 5.74) is 2.30. The summed E-state index contributed by atoms with van der Waals surface area (Å²) in [6, 6.07) is 0. The third-order valence-corrected chi connectivity index (χ3v) is 2.52. The molecule has 90 valence electrons. The second kappa shape index (κ2) is 5.32. The summed E-state index contributed by atoms with van der Waals surface area (Å²) in [7, 11) is 0. The molecule has 0 spiro atoms. The van der Waals surface area contributed by atoms with Crippen LogP contribution in [-0.4, -0.2) is 5.97 Å². The molecule has 2 aliphatic carbocycles. The number of allylic oxidation sites excluding steroid dienone is 10. The van der Waals surface area contributed by atoms with Gasteiger partial charge >= 0.3 is 5.97 Å². The van der Waals surface area contributed by atoms with Crippen LogP contribution in [0.2, 0.25) is 0 Å². The van der Waals surface area contributed by atoms with Crippen LogP contribution in [0.4, 0.5) is 0 Å². The van der Waals surface area contributed by atoms with Gasteiger partial charge in [-0.05, 0) is 18.6 Å². The minimum atomic E-state index is -0.400. The van der Waals surface area contributed by atoms with Crippen molar-refractivity contribution in [2.75, 3.05) is 0 Å². The molecular formula is C16H14O2. The standard InChI is InChI=1S/C16H14O2/c1-12(2)16(17)18-15-11-7-10-14(15)13-8-5-3-4-6-9-13/h3-11H,1H2,2H3. The lowest BCUT2D eigenvalue weighted by Gasteiger charge is -2.08. The van der Waals surface area contributed by atoms with Crippen LogP contribution < -0.4 is 0 Å². The summed E-state index contributed by atoms with van der Waals surface area (Å²) in [6.07, 6.45) is 17.3. The molecule has 0 heterocycles. The minimum Gasteiger partial charge on any atom is -0.423 e. The molecule has 2 aliphatic rings. The molecule has 0 radical (unpaired) electrons. The molecule has 0 saturated carbocycles. The Morgan fingerprint density at radius 2 is 1.72 bits per heavy atom. The minimum absolute atomic E-state index is 0.390. The fourth-order valence-electron chi connectivity index (χ4n) is 1.60. The quantitative estimate of drug-likeness (QED) is 0.543.